The van der Waals surface area contributed by atoms with E-state index in [2.05, 4.69) is 21.6 Å². The second-order valence-corrected chi connectivity index (χ2v) is 8.80. The molecular formula is C25H25N5O4. The lowest BCUT2D eigenvalue weighted by Gasteiger charge is -2.41. The van der Waals surface area contributed by atoms with Gasteiger partial charge in [-0.15, -0.1) is 0 Å². The van der Waals surface area contributed by atoms with Crippen LogP contribution in [0.3, 0.4) is 0 Å². The van der Waals surface area contributed by atoms with E-state index in [9.17, 15) is 20.0 Å². The van der Waals surface area contributed by atoms with Crippen molar-refractivity contribution in [1.29, 1.82) is 5.26 Å². The molecule has 3 amide bonds. The van der Waals surface area contributed by atoms with E-state index in [1.165, 1.54) is 0 Å². The van der Waals surface area contributed by atoms with Gasteiger partial charge in [-0.3, -0.25) is 10.1 Å². The number of imide groups is 1. The number of nitrogens with one attached hydrogen (secondary N) is 2. The maximum absolute atomic E-state index is 13.1. The Bertz CT molecular complexity index is 1320. The van der Waals surface area contributed by atoms with Crippen LogP contribution in [0, 0.1) is 17.2 Å². The lowest BCUT2D eigenvalue weighted by Crippen LogP contribution is -2.58. The second-order valence-electron chi connectivity index (χ2n) is 8.80. The molecule has 9 heteroatoms. The molecule has 174 valence electrons. The van der Waals surface area contributed by atoms with E-state index in [-0.39, 0.29) is 24.2 Å². The van der Waals surface area contributed by atoms with Gasteiger partial charge >= 0.3 is 6.03 Å². The Hall–Kier alpha value is -4.19. The molecule has 2 aliphatic rings. The Kier molecular flexibility index (Phi) is 5.28. The largest absolute Gasteiger partial charge is 0.497 e. The molecule has 0 aliphatic carbocycles. The molecule has 0 bridgehead atoms. The standard InChI is InChI=1S/C25H25N5O4/c1-34-19-6-7-20-17(12-19)14-30(22(20)31)15-25(23(32)27-24(33)28-25)18-8-10-29(11-9-18)21-5-3-2-4-16(21)13-26/h2-7,12,14,18,31H,8-11,15H2,1H3,(H2,27,28,32,33). The zero-order chi connectivity index (χ0) is 23.9. The summed E-state index contributed by atoms with van der Waals surface area (Å²) in [6.45, 7) is 1.39. The molecule has 2 fully saturated rings. The molecule has 0 spiro atoms. The number of carbonyl (C=O) groups is 2. The molecule has 1 unspecified atom stereocenters. The number of hydrogen-bond donors (Lipinski definition) is 3. The van der Waals surface area contributed by atoms with E-state index < -0.39 is 11.6 Å². The Morgan fingerprint density at radius 1 is 1.21 bits per heavy atom. The first-order chi connectivity index (χ1) is 16.4. The molecule has 2 saturated heterocycles. The Morgan fingerprint density at radius 2 is 1.97 bits per heavy atom. The first-order valence-corrected chi connectivity index (χ1v) is 11.2. The van der Waals surface area contributed by atoms with Crippen molar-refractivity contribution >= 4 is 28.4 Å². The summed E-state index contributed by atoms with van der Waals surface area (Å²) in [7, 11) is 1.58. The number of hydrogen-bond acceptors (Lipinski definition) is 6. The minimum Gasteiger partial charge on any atom is -0.497 e. The minimum atomic E-state index is -1.19. The van der Waals surface area contributed by atoms with Crippen molar-refractivity contribution in [2.24, 2.45) is 5.92 Å². The van der Waals surface area contributed by atoms with Gasteiger partial charge in [0, 0.05) is 30.1 Å². The molecule has 2 aromatic carbocycles. The zero-order valence-electron chi connectivity index (χ0n) is 18.7. The third-order valence-electron chi connectivity index (χ3n) is 7.01. The smallest absolute Gasteiger partial charge is 0.322 e. The molecule has 0 radical (unpaired) electrons. The zero-order valence-corrected chi connectivity index (χ0v) is 18.7. The first kappa shape index (κ1) is 21.6. The van der Waals surface area contributed by atoms with Crippen LogP contribution in [-0.4, -0.2) is 47.4 Å². The first-order valence-electron chi connectivity index (χ1n) is 11.2. The van der Waals surface area contributed by atoms with Crippen LogP contribution in [-0.2, 0) is 11.3 Å². The number of nitriles is 1. The molecule has 34 heavy (non-hydrogen) atoms. The number of rotatable bonds is 5. The van der Waals surface area contributed by atoms with Gasteiger partial charge in [-0.2, -0.15) is 5.26 Å². The van der Waals surface area contributed by atoms with Crippen molar-refractivity contribution in [2.75, 3.05) is 25.1 Å². The number of urea groups is 1. The van der Waals surface area contributed by atoms with Crippen LogP contribution in [0.1, 0.15) is 18.4 Å². The molecule has 1 atom stereocenters. The highest BCUT2D eigenvalue weighted by atomic mass is 16.5. The van der Waals surface area contributed by atoms with E-state index in [0.29, 0.717) is 42.6 Å². The number of benzene rings is 2. The summed E-state index contributed by atoms with van der Waals surface area (Å²) in [6, 6.07) is 14.5. The molecule has 2 aliphatic heterocycles. The quantitative estimate of drug-likeness (QED) is 0.505. The van der Waals surface area contributed by atoms with Gasteiger partial charge in [-0.05, 0) is 49.1 Å². The summed E-state index contributed by atoms with van der Waals surface area (Å²) in [5.74, 6) is 0.162. The summed E-state index contributed by atoms with van der Waals surface area (Å²) in [5.41, 5.74) is 0.303. The third kappa shape index (κ3) is 3.48. The Labute approximate surface area is 196 Å². The van der Waals surface area contributed by atoms with E-state index in [1.54, 1.807) is 36.1 Å². The number of aromatic nitrogens is 1. The SMILES string of the molecule is COc1ccc2c(O)n(CC3(C4CCN(c5ccccc5C#N)CC4)NC(=O)NC3=O)cc2c1. The molecular weight excluding hydrogens is 434 g/mol. The highest BCUT2D eigenvalue weighted by Gasteiger charge is 2.53. The number of anilines is 1. The van der Waals surface area contributed by atoms with Crippen LogP contribution in [0.5, 0.6) is 11.6 Å². The highest BCUT2D eigenvalue weighted by Crippen LogP contribution is 2.37. The van der Waals surface area contributed by atoms with Crippen LogP contribution in [0.2, 0.25) is 0 Å². The number of piperidine rings is 1. The predicted octanol–water partition coefficient (Wildman–Crippen LogP) is 2.72. The number of aromatic hydroxyl groups is 1. The molecule has 5 rings (SSSR count). The Balaban J connectivity index is 1.44. The lowest BCUT2D eigenvalue weighted by atomic mass is 9.77. The van der Waals surface area contributed by atoms with Crippen molar-refractivity contribution < 1.29 is 19.4 Å². The average molecular weight is 460 g/mol. The van der Waals surface area contributed by atoms with Crippen molar-refractivity contribution in [2.45, 2.75) is 24.9 Å². The van der Waals surface area contributed by atoms with Gasteiger partial charge in [0.05, 0.1) is 24.9 Å². The van der Waals surface area contributed by atoms with Gasteiger partial charge in [-0.25, -0.2) is 4.79 Å². The fourth-order valence-corrected chi connectivity index (χ4v) is 5.24. The monoisotopic (exact) mass is 459 g/mol. The molecule has 1 aromatic heterocycles. The summed E-state index contributed by atoms with van der Waals surface area (Å²) < 4.78 is 6.89. The molecule has 3 heterocycles. The molecule has 9 nitrogen and oxygen atoms in total. The normalized spacial score (nSPS) is 20.8. The van der Waals surface area contributed by atoms with Crippen molar-refractivity contribution in [3.63, 3.8) is 0 Å². The summed E-state index contributed by atoms with van der Waals surface area (Å²) in [5, 5.41) is 27.0. The number of carbonyl (C=O) groups excluding carboxylic acids is 2. The number of ether oxygens (including phenoxy) is 1. The van der Waals surface area contributed by atoms with Crippen LogP contribution >= 0.6 is 0 Å². The topological polar surface area (TPSA) is 120 Å². The van der Waals surface area contributed by atoms with Gasteiger partial charge in [0.15, 0.2) is 5.88 Å². The fraction of sp³-hybridized carbons (Fsp3) is 0.320. The second kappa shape index (κ2) is 8.30. The number of para-hydroxylation sites is 1. The maximum Gasteiger partial charge on any atom is 0.322 e. The number of methoxy groups -OCH3 is 1. The summed E-state index contributed by atoms with van der Waals surface area (Å²) in [4.78, 5) is 27.5. The van der Waals surface area contributed by atoms with Crippen LogP contribution in [0.15, 0.2) is 48.7 Å². The Morgan fingerprint density at radius 3 is 2.65 bits per heavy atom. The minimum absolute atomic E-state index is 0.0337. The fourth-order valence-electron chi connectivity index (χ4n) is 5.24. The van der Waals surface area contributed by atoms with Crippen LogP contribution in [0.4, 0.5) is 10.5 Å². The lowest BCUT2D eigenvalue weighted by molar-refractivity contribution is -0.127. The van der Waals surface area contributed by atoms with Gasteiger partial charge in [-0.1, -0.05) is 12.1 Å². The third-order valence-corrected chi connectivity index (χ3v) is 7.01. The van der Waals surface area contributed by atoms with Crippen LogP contribution < -0.4 is 20.3 Å². The van der Waals surface area contributed by atoms with E-state index in [0.717, 1.165) is 11.1 Å². The summed E-state index contributed by atoms with van der Waals surface area (Å²) in [6.07, 6.45) is 3.05. The predicted molar refractivity (Wildman–Crippen MR) is 126 cm³/mol. The van der Waals surface area contributed by atoms with Crippen molar-refractivity contribution in [3.8, 4) is 17.7 Å². The van der Waals surface area contributed by atoms with Gasteiger partial charge < -0.3 is 24.6 Å². The van der Waals surface area contributed by atoms with E-state index in [4.69, 9.17) is 4.74 Å². The van der Waals surface area contributed by atoms with Crippen LogP contribution in [0.25, 0.3) is 10.8 Å². The van der Waals surface area contributed by atoms with Crippen molar-refractivity contribution in [3.05, 3.63) is 54.2 Å². The summed E-state index contributed by atoms with van der Waals surface area (Å²) >= 11 is 0. The average Bonchev–Trinajstić information content (AvgIpc) is 3.33. The number of fused-ring (bicyclic) bond motifs is 1. The number of nitrogens with zero attached hydrogens (tertiary/aromatic N) is 3. The van der Waals surface area contributed by atoms with Gasteiger partial charge in [0.2, 0.25) is 0 Å². The molecule has 3 N–H and O–H groups in total. The molecule has 0 saturated carbocycles. The highest BCUT2D eigenvalue weighted by molar-refractivity contribution is 6.07. The van der Waals surface area contributed by atoms with Gasteiger partial charge in [0.25, 0.3) is 5.91 Å². The molecule has 3 aromatic rings. The van der Waals surface area contributed by atoms with E-state index >= 15 is 0 Å². The van der Waals surface area contributed by atoms with Gasteiger partial charge in [0.1, 0.15) is 17.4 Å². The van der Waals surface area contributed by atoms with Crippen molar-refractivity contribution in [1.82, 2.24) is 15.2 Å². The maximum atomic E-state index is 13.1. The van der Waals surface area contributed by atoms with E-state index in [1.807, 2.05) is 24.3 Å². The number of amides is 3.